The third-order valence-corrected chi connectivity index (χ3v) is 1.24. The fourth-order valence-corrected chi connectivity index (χ4v) is 0.631. The maximum absolute atomic E-state index is 8.96. The van der Waals surface area contributed by atoms with E-state index in [1.807, 2.05) is 0 Å². The van der Waals surface area contributed by atoms with Crippen LogP contribution < -0.4 is 0 Å². The Morgan fingerprint density at radius 1 is 1.89 bits per heavy atom. The van der Waals surface area contributed by atoms with Crippen molar-refractivity contribution >= 4 is 11.6 Å². The molecule has 0 radical (unpaired) electrons. The van der Waals surface area contributed by atoms with Gasteiger partial charge in [-0.05, 0) is 0 Å². The van der Waals surface area contributed by atoms with Crippen LogP contribution in [0.15, 0.2) is 16.9 Å². The van der Waals surface area contributed by atoms with E-state index in [0.717, 1.165) is 0 Å². The van der Waals surface area contributed by atoms with Crippen molar-refractivity contribution in [2.45, 2.75) is 6.10 Å². The molecule has 3 nitrogen and oxygen atoms in total. The first-order valence-corrected chi connectivity index (χ1v) is 3.02. The standard InChI is InChI=1S/C5H6ClNO2/c6-3-5(8)4-1-2-9-7-4/h1-2,5,8H,3H2. The summed E-state index contributed by atoms with van der Waals surface area (Å²) in [5.41, 5.74) is 0.477. The van der Waals surface area contributed by atoms with Gasteiger partial charge < -0.3 is 9.63 Å². The predicted octanol–water partition coefficient (Wildman–Crippen LogP) is 0.947. The number of rotatable bonds is 2. The normalized spacial score (nSPS) is 13.6. The molecule has 1 unspecified atom stereocenters. The molecule has 0 saturated carbocycles. The Kier molecular flexibility index (Phi) is 2.08. The van der Waals surface area contributed by atoms with Crippen molar-refractivity contribution in [3.05, 3.63) is 18.0 Å². The lowest BCUT2D eigenvalue weighted by Gasteiger charge is -1.97. The molecule has 0 aliphatic rings. The number of alkyl halides is 1. The summed E-state index contributed by atoms with van der Waals surface area (Å²) in [6.45, 7) is 0. The smallest absolute Gasteiger partial charge is 0.124 e. The lowest BCUT2D eigenvalue weighted by Crippen LogP contribution is -1.97. The van der Waals surface area contributed by atoms with Gasteiger partial charge in [0, 0.05) is 6.07 Å². The quantitative estimate of drug-likeness (QED) is 0.634. The molecule has 0 aromatic carbocycles. The third-order valence-electron chi connectivity index (χ3n) is 0.945. The molecule has 1 aromatic heterocycles. The minimum atomic E-state index is -0.703. The van der Waals surface area contributed by atoms with Crippen molar-refractivity contribution in [1.82, 2.24) is 5.16 Å². The zero-order chi connectivity index (χ0) is 6.69. The average molecular weight is 148 g/mol. The fraction of sp³-hybridized carbons (Fsp3) is 0.400. The Hall–Kier alpha value is -0.540. The van der Waals surface area contributed by atoms with Gasteiger partial charge in [-0.1, -0.05) is 5.16 Å². The molecule has 1 aromatic rings. The molecular weight excluding hydrogens is 142 g/mol. The number of aromatic nitrogens is 1. The summed E-state index contributed by atoms with van der Waals surface area (Å²) in [4.78, 5) is 0. The highest BCUT2D eigenvalue weighted by Crippen LogP contribution is 2.09. The van der Waals surface area contributed by atoms with Gasteiger partial charge in [-0.3, -0.25) is 0 Å². The van der Waals surface area contributed by atoms with Crippen molar-refractivity contribution < 1.29 is 9.63 Å². The molecule has 50 valence electrons. The summed E-state index contributed by atoms with van der Waals surface area (Å²) in [7, 11) is 0. The van der Waals surface area contributed by atoms with Crippen molar-refractivity contribution in [2.24, 2.45) is 0 Å². The molecule has 1 heterocycles. The molecule has 1 rings (SSSR count). The number of aliphatic hydroxyl groups excluding tert-OH is 1. The molecule has 0 bridgehead atoms. The van der Waals surface area contributed by atoms with Crippen molar-refractivity contribution in [3.8, 4) is 0 Å². The van der Waals surface area contributed by atoms with Crippen LogP contribution in [0.2, 0.25) is 0 Å². The second-order valence-electron chi connectivity index (χ2n) is 1.59. The highest BCUT2D eigenvalue weighted by molar-refractivity contribution is 6.18. The predicted molar refractivity (Wildman–Crippen MR) is 32.2 cm³/mol. The Labute approximate surface area is 57.2 Å². The third kappa shape index (κ3) is 1.43. The topological polar surface area (TPSA) is 46.3 Å². The average Bonchev–Trinajstić information content (AvgIpc) is 2.37. The summed E-state index contributed by atoms with van der Waals surface area (Å²) >= 11 is 5.31. The molecule has 0 amide bonds. The monoisotopic (exact) mass is 147 g/mol. The van der Waals surface area contributed by atoms with Crippen LogP contribution in [-0.2, 0) is 0 Å². The lowest BCUT2D eigenvalue weighted by molar-refractivity contribution is 0.191. The van der Waals surface area contributed by atoms with Gasteiger partial charge in [-0.15, -0.1) is 11.6 Å². The zero-order valence-electron chi connectivity index (χ0n) is 4.62. The molecule has 0 aliphatic heterocycles. The molecule has 1 N–H and O–H groups in total. The summed E-state index contributed by atoms with van der Waals surface area (Å²) in [5.74, 6) is 0.145. The first-order chi connectivity index (χ1) is 4.34. The number of hydrogen-bond acceptors (Lipinski definition) is 3. The van der Waals surface area contributed by atoms with E-state index in [9.17, 15) is 0 Å². The Balaban J connectivity index is 2.65. The van der Waals surface area contributed by atoms with Gasteiger partial charge in [0.2, 0.25) is 0 Å². The van der Waals surface area contributed by atoms with Crippen LogP contribution in [-0.4, -0.2) is 16.1 Å². The SMILES string of the molecule is OC(CCl)c1ccon1. The fourth-order valence-electron chi connectivity index (χ4n) is 0.473. The molecule has 0 aliphatic carbocycles. The molecule has 0 saturated heterocycles. The Morgan fingerprint density at radius 2 is 2.67 bits per heavy atom. The van der Waals surface area contributed by atoms with Crippen LogP contribution in [0.3, 0.4) is 0 Å². The minimum absolute atomic E-state index is 0.145. The van der Waals surface area contributed by atoms with E-state index in [-0.39, 0.29) is 5.88 Å². The van der Waals surface area contributed by atoms with E-state index in [4.69, 9.17) is 16.7 Å². The molecule has 0 fully saturated rings. The van der Waals surface area contributed by atoms with E-state index in [2.05, 4.69) is 9.68 Å². The van der Waals surface area contributed by atoms with Crippen LogP contribution in [0, 0.1) is 0 Å². The highest BCUT2D eigenvalue weighted by atomic mass is 35.5. The molecule has 9 heavy (non-hydrogen) atoms. The molecule has 1 atom stereocenters. The first kappa shape index (κ1) is 6.58. The van der Waals surface area contributed by atoms with E-state index < -0.39 is 6.10 Å². The largest absolute Gasteiger partial charge is 0.385 e. The minimum Gasteiger partial charge on any atom is -0.385 e. The van der Waals surface area contributed by atoms with Crippen LogP contribution >= 0.6 is 11.6 Å². The highest BCUT2D eigenvalue weighted by Gasteiger charge is 2.07. The van der Waals surface area contributed by atoms with Crippen molar-refractivity contribution in [3.63, 3.8) is 0 Å². The number of hydrogen-bond donors (Lipinski definition) is 1. The molecule has 4 heteroatoms. The summed E-state index contributed by atoms with van der Waals surface area (Å²) in [6, 6.07) is 1.58. The Morgan fingerprint density at radius 3 is 3.11 bits per heavy atom. The maximum atomic E-state index is 8.96. The van der Waals surface area contributed by atoms with Gasteiger partial charge in [-0.2, -0.15) is 0 Å². The van der Waals surface area contributed by atoms with Crippen LogP contribution in [0.4, 0.5) is 0 Å². The van der Waals surface area contributed by atoms with E-state index in [0.29, 0.717) is 5.69 Å². The van der Waals surface area contributed by atoms with Crippen LogP contribution in [0.1, 0.15) is 11.8 Å². The van der Waals surface area contributed by atoms with Gasteiger partial charge in [0.05, 0.1) is 5.88 Å². The zero-order valence-corrected chi connectivity index (χ0v) is 5.38. The van der Waals surface area contributed by atoms with Gasteiger partial charge in [0.15, 0.2) is 0 Å². The summed E-state index contributed by atoms with van der Waals surface area (Å²) in [5, 5.41) is 12.4. The lowest BCUT2D eigenvalue weighted by atomic mass is 10.3. The second kappa shape index (κ2) is 2.85. The number of halogens is 1. The van der Waals surface area contributed by atoms with Gasteiger partial charge >= 0.3 is 0 Å². The Bertz CT molecular complexity index is 163. The second-order valence-corrected chi connectivity index (χ2v) is 1.90. The number of nitrogens with zero attached hydrogens (tertiary/aromatic N) is 1. The summed E-state index contributed by atoms with van der Waals surface area (Å²) in [6.07, 6.45) is 0.691. The van der Waals surface area contributed by atoms with Gasteiger partial charge in [0.25, 0.3) is 0 Å². The molecular formula is C5H6ClNO2. The van der Waals surface area contributed by atoms with Gasteiger partial charge in [0.1, 0.15) is 18.1 Å². The van der Waals surface area contributed by atoms with Crippen LogP contribution in [0.5, 0.6) is 0 Å². The van der Waals surface area contributed by atoms with Gasteiger partial charge in [-0.25, -0.2) is 0 Å². The number of aliphatic hydroxyl groups is 1. The maximum Gasteiger partial charge on any atom is 0.124 e. The van der Waals surface area contributed by atoms with E-state index >= 15 is 0 Å². The van der Waals surface area contributed by atoms with Crippen LogP contribution in [0.25, 0.3) is 0 Å². The van der Waals surface area contributed by atoms with E-state index in [1.165, 1.54) is 6.26 Å². The summed E-state index contributed by atoms with van der Waals surface area (Å²) < 4.78 is 4.47. The molecule has 0 spiro atoms. The van der Waals surface area contributed by atoms with Crippen molar-refractivity contribution in [2.75, 3.05) is 5.88 Å². The van der Waals surface area contributed by atoms with E-state index in [1.54, 1.807) is 6.07 Å². The van der Waals surface area contributed by atoms with Crippen molar-refractivity contribution in [1.29, 1.82) is 0 Å². The first-order valence-electron chi connectivity index (χ1n) is 2.49.